The third-order valence-corrected chi connectivity index (χ3v) is 3.71. The van der Waals surface area contributed by atoms with Crippen LogP contribution in [0.4, 0.5) is 0 Å². The molecule has 6 heteroatoms. The van der Waals surface area contributed by atoms with Crippen molar-refractivity contribution in [1.82, 2.24) is 9.78 Å². The highest BCUT2D eigenvalue weighted by Gasteiger charge is 2.28. The predicted octanol–water partition coefficient (Wildman–Crippen LogP) is 4.48. The third-order valence-electron chi connectivity index (χ3n) is 3.17. The summed E-state index contributed by atoms with van der Waals surface area (Å²) in [6.45, 7) is 7.77. The molecule has 1 N–H and O–H groups in total. The Morgan fingerprint density at radius 3 is 2.38 bits per heavy atom. The molecular weight excluding hydrogens is 311 g/mol. The van der Waals surface area contributed by atoms with Crippen molar-refractivity contribution in [2.45, 2.75) is 33.1 Å². The monoisotopic (exact) mass is 326 g/mol. The first-order valence-electron chi connectivity index (χ1n) is 6.41. The maximum Gasteiger partial charge on any atom is 0.356 e. The third kappa shape index (κ3) is 2.92. The van der Waals surface area contributed by atoms with E-state index >= 15 is 0 Å². The van der Waals surface area contributed by atoms with Crippen molar-refractivity contribution in [2.75, 3.05) is 0 Å². The number of nitrogens with zero attached hydrogens (tertiary/aromatic N) is 2. The van der Waals surface area contributed by atoms with Gasteiger partial charge in [0, 0.05) is 16.0 Å². The Morgan fingerprint density at radius 1 is 1.29 bits per heavy atom. The normalized spacial score (nSPS) is 11.7. The van der Waals surface area contributed by atoms with Gasteiger partial charge in [0.05, 0.1) is 16.4 Å². The number of rotatable bonds is 2. The van der Waals surface area contributed by atoms with Crippen molar-refractivity contribution in [3.05, 3.63) is 45.2 Å². The second kappa shape index (κ2) is 5.35. The lowest BCUT2D eigenvalue weighted by Crippen LogP contribution is -2.19. The van der Waals surface area contributed by atoms with Crippen LogP contribution in [-0.4, -0.2) is 20.9 Å². The number of benzene rings is 1. The summed E-state index contributed by atoms with van der Waals surface area (Å²) in [4.78, 5) is 11.4. The van der Waals surface area contributed by atoms with E-state index in [0.29, 0.717) is 21.3 Å². The molecule has 2 rings (SSSR count). The van der Waals surface area contributed by atoms with Crippen LogP contribution < -0.4 is 0 Å². The summed E-state index contributed by atoms with van der Waals surface area (Å²) in [5.74, 6) is -1.05. The highest BCUT2D eigenvalue weighted by atomic mass is 35.5. The molecule has 112 valence electrons. The molecule has 0 saturated heterocycles. The highest BCUT2D eigenvalue weighted by molar-refractivity contribution is 6.35. The van der Waals surface area contributed by atoms with Crippen molar-refractivity contribution in [1.29, 1.82) is 0 Å². The van der Waals surface area contributed by atoms with Gasteiger partial charge in [0.25, 0.3) is 0 Å². The Labute approximate surface area is 133 Å². The fourth-order valence-corrected chi connectivity index (χ4v) is 2.90. The summed E-state index contributed by atoms with van der Waals surface area (Å²) in [6.07, 6.45) is 0. The summed E-state index contributed by atoms with van der Waals surface area (Å²) >= 11 is 12.1. The molecule has 0 unspecified atom stereocenters. The Bertz CT molecular complexity index is 715. The molecule has 1 aromatic carbocycles. The molecule has 0 aliphatic carbocycles. The summed E-state index contributed by atoms with van der Waals surface area (Å²) in [6, 6.07) is 5.05. The molecular formula is C15H16Cl2N2O2. The van der Waals surface area contributed by atoms with Crippen LogP contribution in [-0.2, 0) is 5.41 Å². The van der Waals surface area contributed by atoms with Gasteiger partial charge in [0.1, 0.15) is 0 Å². The average Bonchev–Trinajstić information content (AvgIpc) is 2.66. The maximum atomic E-state index is 11.4. The first-order chi connectivity index (χ1) is 9.62. The second-order valence-corrected chi connectivity index (χ2v) is 6.73. The van der Waals surface area contributed by atoms with Crippen molar-refractivity contribution in [3.63, 3.8) is 0 Å². The topological polar surface area (TPSA) is 55.1 Å². The van der Waals surface area contributed by atoms with Gasteiger partial charge in [-0.3, -0.25) is 0 Å². The average molecular weight is 327 g/mol. The van der Waals surface area contributed by atoms with E-state index in [9.17, 15) is 9.90 Å². The van der Waals surface area contributed by atoms with Gasteiger partial charge < -0.3 is 5.11 Å². The van der Waals surface area contributed by atoms with Crippen LogP contribution in [0.5, 0.6) is 0 Å². The number of carboxylic acids is 1. The van der Waals surface area contributed by atoms with E-state index < -0.39 is 5.97 Å². The maximum absolute atomic E-state index is 11.4. The zero-order chi connectivity index (χ0) is 15.9. The smallest absolute Gasteiger partial charge is 0.356 e. The highest BCUT2D eigenvalue weighted by Crippen LogP contribution is 2.33. The van der Waals surface area contributed by atoms with Crippen LogP contribution in [0.3, 0.4) is 0 Å². The van der Waals surface area contributed by atoms with Crippen LogP contribution in [0.2, 0.25) is 10.0 Å². The zero-order valence-corrected chi connectivity index (χ0v) is 13.7. The summed E-state index contributed by atoms with van der Waals surface area (Å²) in [5.41, 5.74) is 1.81. The van der Waals surface area contributed by atoms with Gasteiger partial charge in [0.15, 0.2) is 5.69 Å². The van der Waals surface area contributed by atoms with Crippen molar-refractivity contribution >= 4 is 29.2 Å². The second-order valence-electron chi connectivity index (χ2n) is 5.88. The van der Waals surface area contributed by atoms with Gasteiger partial charge in [-0.05, 0) is 25.1 Å². The van der Waals surface area contributed by atoms with Crippen LogP contribution in [0.1, 0.15) is 42.5 Å². The predicted molar refractivity (Wildman–Crippen MR) is 84.0 cm³/mol. The molecule has 0 spiro atoms. The zero-order valence-electron chi connectivity index (χ0n) is 12.2. The van der Waals surface area contributed by atoms with Crippen LogP contribution >= 0.6 is 23.2 Å². The lowest BCUT2D eigenvalue weighted by atomic mass is 9.88. The Hall–Kier alpha value is -1.52. The van der Waals surface area contributed by atoms with Crippen molar-refractivity contribution in [2.24, 2.45) is 0 Å². The minimum absolute atomic E-state index is 0.0333. The standard InChI is InChI=1S/C15H16Cl2N2O2/c1-8-12(14(20)21)18-19(13(8)15(2,3)4)11-6-5-9(16)7-10(11)17/h5-7H,1-4H3,(H,20,21). The van der Waals surface area contributed by atoms with Crippen LogP contribution in [0, 0.1) is 6.92 Å². The molecule has 0 aliphatic rings. The van der Waals surface area contributed by atoms with Gasteiger partial charge in [-0.15, -0.1) is 0 Å². The molecule has 1 aromatic heterocycles. The molecule has 0 atom stereocenters. The molecule has 0 saturated carbocycles. The molecule has 0 bridgehead atoms. The lowest BCUT2D eigenvalue weighted by molar-refractivity contribution is 0.0689. The molecule has 0 amide bonds. The van der Waals surface area contributed by atoms with E-state index in [2.05, 4.69) is 5.10 Å². The number of aromatic carboxylic acids is 1. The molecule has 21 heavy (non-hydrogen) atoms. The largest absolute Gasteiger partial charge is 0.476 e. The van der Waals surface area contributed by atoms with E-state index in [1.807, 2.05) is 20.8 Å². The molecule has 0 radical (unpaired) electrons. The SMILES string of the molecule is Cc1c(C(=O)O)nn(-c2ccc(Cl)cc2Cl)c1C(C)(C)C. The molecule has 4 nitrogen and oxygen atoms in total. The molecule has 1 heterocycles. The molecule has 0 aliphatic heterocycles. The Morgan fingerprint density at radius 2 is 1.90 bits per heavy atom. The number of halogens is 2. The minimum atomic E-state index is -1.05. The quantitative estimate of drug-likeness (QED) is 0.884. The van der Waals surface area contributed by atoms with E-state index in [-0.39, 0.29) is 11.1 Å². The lowest BCUT2D eigenvalue weighted by Gasteiger charge is -2.22. The minimum Gasteiger partial charge on any atom is -0.476 e. The van der Waals surface area contributed by atoms with Gasteiger partial charge >= 0.3 is 5.97 Å². The first kappa shape index (κ1) is 15.9. The van der Waals surface area contributed by atoms with E-state index in [0.717, 1.165) is 5.69 Å². The Balaban J connectivity index is 2.79. The molecule has 0 fully saturated rings. The van der Waals surface area contributed by atoms with E-state index in [4.69, 9.17) is 23.2 Å². The number of hydrogen-bond acceptors (Lipinski definition) is 2. The number of hydrogen-bond donors (Lipinski definition) is 1. The fourth-order valence-electron chi connectivity index (χ4n) is 2.41. The fraction of sp³-hybridized carbons (Fsp3) is 0.333. The van der Waals surface area contributed by atoms with Gasteiger partial charge in [0.2, 0.25) is 0 Å². The summed E-state index contributed by atoms with van der Waals surface area (Å²) in [5, 5.41) is 14.5. The van der Waals surface area contributed by atoms with Gasteiger partial charge in [-0.1, -0.05) is 44.0 Å². The Kier molecular flexibility index (Phi) is 4.04. The number of carboxylic acid groups (broad SMARTS) is 1. The first-order valence-corrected chi connectivity index (χ1v) is 7.17. The van der Waals surface area contributed by atoms with Crippen molar-refractivity contribution in [3.8, 4) is 5.69 Å². The van der Waals surface area contributed by atoms with Gasteiger partial charge in [-0.25, -0.2) is 9.48 Å². The molecule has 2 aromatic rings. The van der Waals surface area contributed by atoms with Crippen LogP contribution in [0.25, 0.3) is 5.69 Å². The van der Waals surface area contributed by atoms with Crippen molar-refractivity contribution < 1.29 is 9.90 Å². The number of aromatic nitrogens is 2. The van der Waals surface area contributed by atoms with E-state index in [1.54, 1.807) is 29.8 Å². The summed E-state index contributed by atoms with van der Waals surface area (Å²) < 4.78 is 1.59. The summed E-state index contributed by atoms with van der Waals surface area (Å²) in [7, 11) is 0. The van der Waals surface area contributed by atoms with E-state index in [1.165, 1.54) is 0 Å². The van der Waals surface area contributed by atoms with Crippen LogP contribution in [0.15, 0.2) is 18.2 Å². The van der Waals surface area contributed by atoms with Gasteiger partial charge in [-0.2, -0.15) is 5.10 Å². The number of carbonyl (C=O) groups is 1.